The average molecular weight is 358 g/mol. The van der Waals surface area contributed by atoms with Gasteiger partial charge in [-0.3, -0.25) is 0 Å². The summed E-state index contributed by atoms with van der Waals surface area (Å²) in [5, 5.41) is 0. The minimum Gasteiger partial charge on any atom is -0.375 e. The Morgan fingerprint density at radius 3 is 3.00 bits per heavy atom. The van der Waals surface area contributed by atoms with Crippen molar-refractivity contribution < 1.29 is 4.74 Å². The molecule has 0 amide bonds. The molecule has 20 heavy (non-hydrogen) atoms. The highest BCUT2D eigenvalue weighted by Gasteiger charge is 2.31. The molecule has 3 rings (SSSR count). The summed E-state index contributed by atoms with van der Waals surface area (Å²) in [4.78, 5) is 4.66. The van der Waals surface area contributed by atoms with Crippen molar-refractivity contribution in [3.8, 4) is 0 Å². The van der Waals surface area contributed by atoms with Gasteiger partial charge in [0.25, 0.3) is 0 Å². The number of ether oxygens (including phenoxy) is 1. The predicted octanol–water partition coefficient (Wildman–Crippen LogP) is 4.67. The van der Waals surface area contributed by atoms with E-state index in [1.807, 2.05) is 12.1 Å². The number of fused-ring (bicyclic) bond motifs is 1. The van der Waals surface area contributed by atoms with E-state index in [1.165, 1.54) is 0 Å². The lowest BCUT2D eigenvalue weighted by Gasteiger charge is -2.36. The number of hydrogen-bond acceptors (Lipinski definition) is 2. The number of halogens is 2. The molecule has 2 heterocycles. The highest BCUT2D eigenvalue weighted by molar-refractivity contribution is 9.10. The van der Waals surface area contributed by atoms with E-state index < -0.39 is 0 Å². The number of benzene rings is 1. The largest absolute Gasteiger partial charge is 0.375 e. The zero-order valence-electron chi connectivity index (χ0n) is 11.7. The number of imidazole rings is 1. The van der Waals surface area contributed by atoms with Crippen molar-refractivity contribution in [1.29, 1.82) is 0 Å². The van der Waals surface area contributed by atoms with Crippen molar-refractivity contribution in [2.45, 2.75) is 44.2 Å². The molecular formula is C15H18BrClN2O. The van der Waals surface area contributed by atoms with Gasteiger partial charge in [0.05, 0.1) is 22.5 Å². The molecule has 3 nitrogen and oxygen atoms in total. The molecule has 5 heteroatoms. The Balaban J connectivity index is 2.11. The summed E-state index contributed by atoms with van der Waals surface area (Å²) in [6.45, 7) is 5.08. The van der Waals surface area contributed by atoms with Crippen LogP contribution in [0.4, 0.5) is 0 Å². The van der Waals surface area contributed by atoms with Gasteiger partial charge in [-0.15, -0.1) is 11.6 Å². The normalized spacial score (nSPS) is 22.3. The third-order valence-corrected chi connectivity index (χ3v) is 4.61. The van der Waals surface area contributed by atoms with Crippen LogP contribution in [-0.4, -0.2) is 21.8 Å². The van der Waals surface area contributed by atoms with Gasteiger partial charge in [0, 0.05) is 17.1 Å². The van der Waals surface area contributed by atoms with Gasteiger partial charge in [0.2, 0.25) is 0 Å². The summed E-state index contributed by atoms with van der Waals surface area (Å²) in [5.41, 5.74) is 2.07. The van der Waals surface area contributed by atoms with Gasteiger partial charge < -0.3 is 9.30 Å². The number of nitrogens with zero attached hydrogens (tertiary/aromatic N) is 2. The fourth-order valence-electron chi connectivity index (χ4n) is 3.04. The second-order valence-corrected chi connectivity index (χ2v) is 7.10. The van der Waals surface area contributed by atoms with E-state index in [2.05, 4.69) is 45.4 Å². The molecule has 1 saturated heterocycles. The Kier molecular flexibility index (Phi) is 3.82. The molecule has 1 aliphatic heterocycles. The van der Waals surface area contributed by atoms with Gasteiger partial charge in [-0.1, -0.05) is 15.9 Å². The summed E-state index contributed by atoms with van der Waals surface area (Å²) in [7, 11) is 0. The first-order valence-electron chi connectivity index (χ1n) is 6.86. The van der Waals surface area contributed by atoms with Crippen LogP contribution in [0.3, 0.4) is 0 Å². The van der Waals surface area contributed by atoms with E-state index in [-0.39, 0.29) is 5.60 Å². The molecule has 1 fully saturated rings. The van der Waals surface area contributed by atoms with Gasteiger partial charge in [0.1, 0.15) is 5.82 Å². The first kappa shape index (κ1) is 14.4. The van der Waals surface area contributed by atoms with Crippen LogP contribution < -0.4 is 0 Å². The van der Waals surface area contributed by atoms with Crippen LogP contribution in [0, 0.1) is 0 Å². The second-order valence-electron chi connectivity index (χ2n) is 5.92. The molecule has 0 aliphatic carbocycles. The minimum atomic E-state index is -0.0882. The van der Waals surface area contributed by atoms with Crippen LogP contribution in [0.25, 0.3) is 11.0 Å². The second kappa shape index (κ2) is 5.32. The van der Waals surface area contributed by atoms with Crippen LogP contribution in [0.2, 0.25) is 0 Å². The van der Waals surface area contributed by atoms with Crippen LogP contribution in [0.1, 0.15) is 38.6 Å². The lowest BCUT2D eigenvalue weighted by Crippen LogP contribution is -2.35. The Bertz CT molecular complexity index is 638. The molecule has 0 N–H and O–H groups in total. The highest BCUT2D eigenvalue weighted by atomic mass is 79.9. The lowest BCUT2D eigenvalue weighted by atomic mass is 9.93. The summed E-state index contributed by atoms with van der Waals surface area (Å²) in [6, 6.07) is 6.58. The predicted molar refractivity (Wildman–Crippen MR) is 85.3 cm³/mol. The zero-order valence-corrected chi connectivity index (χ0v) is 14.0. The van der Waals surface area contributed by atoms with Crippen LogP contribution in [-0.2, 0) is 10.6 Å². The van der Waals surface area contributed by atoms with E-state index in [0.29, 0.717) is 11.9 Å². The zero-order chi connectivity index (χ0) is 14.3. The molecule has 0 saturated carbocycles. The summed E-state index contributed by atoms with van der Waals surface area (Å²) in [6.07, 6.45) is 1.99. The number of rotatable bonds is 2. The first-order valence-corrected chi connectivity index (χ1v) is 8.19. The molecule has 0 bridgehead atoms. The fraction of sp³-hybridized carbons (Fsp3) is 0.533. The molecule has 1 aromatic carbocycles. The lowest BCUT2D eigenvalue weighted by molar-refractivity contribution is -0.0687. The fourth-order valence-corrected chi connectivity index (χ4v) is 3.58. The SMILES string of the molecule is CC1(C)CC(n2c(CCl)nc3ccc(Br)cc32)CCO1. The number of alkyl halides is 1. The minimum absolute atomic E-state index is 0.0882. The Morgan fingerprint density at radius 1 is 1.50 bits per heavy atom. The highest BCUT2D eigenvalue weighted by Crippen LogP contribution is 2.36. The standard InChI is InChI=1S/C15H18BrClN2O/c1-15(2)8-11(5-6-20-15)19-13-7-10(16)3-4-12(13)18-14(19)9-17/h3-4,7,11H,5-6,8-9H2,1-2H3. The molecule has 108 valence electrons. The van der Waals surface area contributed by atoms with Crippen LogP contribution in [0.15, 0.2) is 22.7 Å². The van der Waals surface area contributed by atoms with Gasteiger partial charge >= 0.3 is 0 Å². The quantitative estimate of drug-likeness (QED) is 0.730. The number of hydrogen-bond donors (Lipinski definition) is 0. The third-order valence-electron chi connectivity index (χ3n) is 3.88. The average Bonchev–Trinajstić information content (AvgIpc) is 2.75. The van der Waals surface area contributed by atoms with E-state index in [9.17, 15) is 0 Å². The third kappa shape index (κ3) is 2.61. The summed E-state index contributed by atoms with van der Waals surface area (Å²) >= 11 is 9.65. The topological polar surface area (TPSA) is 27.1 Å². The van der Waals surface area contributed by atoms with Crippen molar-refractivity contribution in [2.75, 3.05) is 6.61 Å². The van der Waals surface area contributed by atoms with Crippen molar-refractivity contribution >= 4 is 38.6 Å². The molecule has 1 atom stereocenters. The van der Waals surface area contributed by atoms with E-state index >= 15 is 0 Å². The first-order chi connectivity index (χ1) is 9.50. The van der Waals surface area contributed by atoms with Crippen molar-refractivity contribution in [2.24, 2.45) is 0 Å². The van der Waals surface area contributed by atoms with Crippen LogP contribution >= 0.6 is 27.5 Å². The Hall–Kier alpha value is -0.580. The molecule has 2 aromatic rings. The van der Waals surface area contributed by atoms with Crippen molar-refractivity contribution in [3.63, 3.8) is 0 Å². The molecule has 0 spiro atoms. The van der Waals surface area contributed by atoms with E-state index in [1.54, 1.807) is 0 Å². The number of aromatic nitrogens is 2. The Morgan fingerprint density at radius 2 is 2.30 bits per heavy atom. The summed E-state index contributed by atoms with van der Waals surface area (Å²) in [5.74, 6) is 1.38. The maximum absolute atomic E-state index is 6.11. The maximum Gasteiger partial charge on any atom is 0.125 e. The summed E-state index contributed by atoms with van der Waals surface area (Å²) < 4.78 is 9.20. The molecule has 0 radical (unpaired) electrons. The molecule has 1 unspecified atom stereocenters. The maximum atomic E-state index is 6.11. The van der Waals surface area contributed by atoms with Crippen LogP contribution in [0.5, 0.6) is 0 Å². The molecular weight excluding hydrogens is 340 g/mol. The monoisotopic (exact) mass is 356 g/mol. The molecule has 1 aliphatic rings. The van der Waals surface area contributed by atoms with Gasteiger partial charge in [-0.05, 0) is 44.9 Å². The smallest absolute Gasteiger partial charge is 0.125 e. The van der Waals surface area contributed by atoms with E-state index in [0.717, 1.165) is 40.8 Å². The van der Waals surface area contributed by atoms with Gasteiger partial charge in [-0.25, -0.2) is 4.98 Å². The van der Waals surface area contributed by atoms with E-state index in [4.69, 9.17) is 16.3 Å². The molecule has 1 aromatic heterocycles. The van der Waals surface area contributed by atoms with Gasteiger partial charge in [0.15, 0.2) is 0 Å². The Labute approximate surface area is 132 Å². The van der Waals surface area contributed by atoms with Gasteiger partial charge in [-0.2, -0.15) is 0 Å². The van der Waals surface area contributed by atoms with Crippen molar-refractivity contribution in [3.05, 3.63) is 28.5 Å². The van der Waals surface area contributed by atoms with Crippen molar-refractivity contribution in [1.82, 2.24) is 9.55 Å².